The average molecular weight is 367 g/mol. The van der Waals surface area contributed by atoms with Gasteiger partial charge in [0.1, 0.15) is 5.75 Å². The maximum Gasteiger partial charge on any atom is 0.260 e. The topological polar surface area (TPSA) is 41.6 Å². The lowest BCUT2D eigenvalue weighted by Crippen LogP contribution is -2.37. The zero-order valence-corrected chi connectivity index (χ0v) is 16.4. The maximum absolute atomic E-state index is 12.1. The first kappa shape index (κ1) is 20.1. The molecule has 1 atom stereocenters. The van der Waals surface area contributed by atoms with E-state index in [0.717, 1.165) is 30.9 Å². The second kappa shape index (κ2) is 10.0. The van der Waals surface area contributed by atoms with E-state index >= 15 is 0 Å². The van der Waals surface area contributed by atoms with Gasteiger partial charge in [-0.05, 0) is 88.8 Å². The Morgan fingerprint density at radius 2 is 2.08 bits per heavy atom. The lowest BCUT2D eigenvalue weighted by atomic mass is 9.99. The first-order valence-corrected chi connectivity index (χ1v) is 9.76. The third kappa shape index (κ3) is 6.87. The molecule has 1 aromatic carbocycles. The van der Waals surface area contributed by atoms with E-state index < -0.39 is 6.10 Å². The van der Waals surface area contributed by atoms with Crippen molar-refractivity contribution in [2.75, 3.05) is 26.2 Å². The van der Waals surface area contributed by atoms with Gasteiger partial charge in [0.2, 0.25) is 0 Å². The van der Waals surface area contributed by atoms with Crippen molar-refractivity contribution in [1.82, 2.24) is 10.2 Å². The molecule has 0 radical (unpaired) electrons. The second-order valence-corrected chi connectivity index (χ2v) is 7.60. The van der Waals surface area contributed by atoms with Crippen molar-refractivity contribution in [3.63, 3.8) is 0 Å². The molecule has 1 saturated heterocycles. The van der Waals surface area contributed by atoms with Crippen LogP contribution < -0.4 is 10.1 Å². The van der Waals surface area contributed by atoms with Crippen LogP contribution in [-0.4, -0.2) is 43.1 Å². The number of unbranched alkanes of at least 4 members (excludes halogenated alkanes) is 1. The number of nitrogens with one attached hydrogen (secondary N) is 1. The van der Waals surface area contributed by atoms with Crippen LogP contribution in [0.1, 0.15) is 45.1 Å². The molecule has 25 heavy (non-hydrogen) atoms. The minimum Gasteiger partial charge on any atom is -0.481 e. The molecule has 1 fully saturated rings. The molecule has 1 aromatic rings. The molecule has 0 saturated carbocycles. The summed E-state index contributed by atoms with van der Waals surface area (Å²) in [5, 5.41) is 3.67. The molecule has 1 unspecified atom stereocenters. The number of nitrogens with zero attached hydrogens (tertiary/aromatic N) is 1. The van der Waals surface area contributed by atoms with Crippen LogP contribution in [0.4, 0.5) is 0 Å². The van der Waals surface area contributed by atoms with Crippen LogP contribution in [0, 0.1) is 12.8 Å². The van der Waals surface area contributed by atoms with Gasteiger partial charge in [-0.2, -0.15) is 0 Å². The number of amides is 1. The Balaban J connectivity index is 1.60. The molecule has 1 aliphatic rings. The van der Waals surface area contributed by atoms with Crippen LogP contribution in [0.5, 0.6) is 5.75 Å². The van der Waals surface area contributed by atoms with Crippen molar-refractivity contribution in [2.45, 2.75) is 52.6 Å². The highest BCUT2D eigenvalue weighted by molar-refractivity contribution is 6.31. The number of ether oxygens (including phenoxy) is 1. The number of halogens is 1. The summed E-state index contributed by atoms with van der Waals surface area (Å²) in [6.07, 6.45) is 4.25. The standard InChI is InChI=1S/C20H31ClN2O2/c1-15-8-12-23(13-9-15)11-5-4-10-22-20(24)17(3)25-18-6-7-19(21)16(2)14-18/h6-7,14-15,17H,4-5,8-13H2,1-3H3,(H,22,24). The number of likely N-dealkylation sites (tertiary alicyclic amines) is 1. The Hall–Kier alpha value is -1.26. The lowest BCUT2D eigenvalue weighted by molar-refractivity contribution is -0.127. The number of hydrogen-bond acceptors (Lipinski definition) is 3. The zero-order chi connectivity index (χ0) is 18.2. The second-order valence-electron chi connectivity index (χ2n) is 7.19. The predicted molar refractivity (Wildman–Crippen MR) is 103 cm³/mol. The minimum atomic E-state index is -0.510. The van der Waals surface area contributed by atoms with E-state index in [1.165, 1.54) is 25.9 Å². The van der Waals surface area contributed by atoms with Crippen molar-refractivity contribution in [1.29, 1.82) is 0 Å². The molecule has 5 heteroatoms. The Kier molecular flexibility index (Phi) is 8.04. The third-order valence-electron chi connectivity index (χ3n) is 4.89. The summed E-state index contributed by atoms with van der Waals surface area (Å²) in [4.78, 5) is 14.7. The van der Waals surface area contributed by atoms with Crippen LogP contribution in [0.3, 0.4) is 0 Å². The summed E-state index contributed by atoms with van der Waals surface area (Å²) in [6.45, 7) is 10.3. The van der Waals surface area contributed by atoms with Gasteiger partial charge >= 0.3 is 0 Å². The van der Waals surface area contributed by atoms with Gasteiger partial charge in [-0.1, -0.05) is 18.5 Å². The number of benzene rings is 1. The Morgan fingerprint density at radius 1 is 1.36 bits per heavy atom. The summed E-state index contributed by atoms with van der Waals surface area (Å²) in [5.74, 6) is 1.48. The molecule has 0 bridgehead atoms. The average Bonchev–Trinajstić information content (AvgIpc) is 2.59. The molecular formula is C20H31ClN2O2. The molecule has 0 spiro atoms. The van der Waals surface area contributed by atoms with E-state index in [4.69, 9.17) is 16.3 Å². The van der Waals surface area contributed by atoms with Gasteiger partial charge in [0.25, 0.3) is 5.91 Å². The fourth-order valence-corrected chi connectivity index (χ4v) is 3.17. The van der Waals surface area contributed by atoms with Gasteiger partial charge in [-0.15, -0.1) is 0 Å². The Labute approximate surface area is 156 Å². The smallest absolute Gasteiger partial charge is 0.260 e. The fraction of sp³-hybridized carbons (Fsp3) is 0.650. The fourth-order valence-electron chi connectivity index (χ4n) is 3.05. The van der Waals surface area contributed by atoms with Crippen LogP contribution in [-0.2, 0) is 4.79 Å². The van der Waals surface area contributed by atoms with Gasteiger partial charge in [0, 0.05) is 11.6 Å². The zero-order valence-electron chi connectivity index (χ0n) is 15.7. The molecule has 4 nitrogen and oxygen atoms in total. The summed E-state index contributed by atoms with van der Waals surface area (Å²) >= 11 is 6.00. The van der Waals surface area contributed by atoms with Crippen molar-refractivity contribution >= 4 is 17.5 Å². The van der Waals surface area contributed by atoms with Gasteiger partial charge in [0.15, 0.2) is 6.10 Å². The summed E-state index contributed by atoms with van der Waals surface area (Å²) in [6, 6.07) is 5.43. The first-order chi connectivity index (χ1) is 12.0. The molecule has 2 rings (SSSR count). The molecule has 1 heterocycles. The van der Waals surface area contributed by atoms with E-state index in [0.29, 0.717) is 17.3 Å². The number of carbonyl (C=O) groups is 1. The Morgan fingerprint density at radius 3 is 2.76 bits per heavy atom. The SMILES string of the molecule is Cc1cc(OC(C)C(=O)NCCCCN2CCC(C)CC2)ccc1Cl. The quantitative estimate of drug-likeness (QED) is 0.706. The van der Waals surface area contributed by atoms with Crippen molar-refractivity contribution in [3.05, 3.63) is 28.8 Å². The van der Waals surface area contributed by atoms with Crippen LogP contribution in [0.25, 0.3) is 0 Å². The highest BCUT2D eigenvalue weighted by atomic mass is 35.5. The molecule has 1 aliphatic heterocycles. The number of hydrogen-bond donors (Lipinski definition) is 1. The van der Waals surface area contributed by atoms with Crippen LogP contribution >= 0.6 is 11.6 Å². The van der Waals surface area contributed by atoms with Gasteiger partial charge < -0.3 is 15.0 Å². The molecule has 0 aliphatic carbocycles. The monoisotopic (exact) mass is 366 g/mol. The van der Waals surface area contributed by atoms with Crippen molar-refractivity contribution < 1.29 is 9.53 Å². The summed E-state index contributed by atoms with van der Waals surface area (Å²) < 4.78 is 5.70. The molecule has 1 amide bonds. The maximum atomic E-state index is 12.1. The molecule has 140 valence electrons. The van der Waals surface area contributed by atoms with E-state index in [1.54, 1.807) is 19.1 Å². The van der Waals surface area contributed by atoms with Gasteiger partial charge in [0.05, 0.1) is 0 Å². The van der Waals surface area contributed by atoms with Crippen molar-refractivity contribution in [3.8, 4) is 5.75 Å². The van der Waals surface area contributed by atoms with Gasteiger partial charge in [-0.25, -0.2) is 0 Å². The highest BCUT2D eigenvalue weighted by Gasteiger charge is 2.16. The predicted octanol–water partition coefficient (Wildman–Crippen LogP) is 4.04. The van der Waals surface area contributed by atoms with Crippen LogP contribution in [0.15, 0.2) is 18.2 Å². The van der Waals surface area contributed by atoms with E-state index in [9.17, 15) is 4.79 Å². The Bertz CT molecular complexity index is 557. The number of piperidine rings is 1. The van der Waals surface area contributed by atoms with Gasteiger partial charge in [-0.3, -0.25) is 4.79 Å². The highest BCUT2D eigenvalue weighted by Crippen LogP contribution is 2.22. The number of carbonyl (C=O) groups excluding carboxylic acids is 1. The van der Waals surface area contributed by atoms with Crippen molar-refractivity contribution in [2.24, 2.45) is 5.92 Å². The number of rotatable bonds is 8. The van der Waals surface area contributed by atoms with E-state index in [2.05, 4.69) is 17.1 Å². The number of aryl methyl sites for hydroxylation is 1. The van der Waals surface area contributed by atoms with E-state index in [1.807, 2.05) is 13.0 Å². The summed E-state index contributed by atoms with van der Waals surface area (Å²) in [7, 11) is 0. The first-order valence-electron chi connectivity index (χ1n) is 9.38. The largest absolute Gasteiger partial charge is 0.481 e. The summed E-state index contributed by atoms with van der Waals surface area (Å²) in [5.41, 5.74) is 0.943. The minimum absolute atomic E-state index is 0.0700. The lowest BCUT2D eigenvalue weighted by Gasteiger charge is -2.30. The van der Waals surface area contributed by atoms with Crippen LogP contribution in [0.2, 0.25) is 5.02 Å². The van der Waals surface area contributed by atoms with E-state index in [-0.39, 0.29) is 5.91 Å². The molecule has 1 N–H and O–H groups in total. The third-order valence-corrected chi connectivity index (χ3v) is 5.31. The molecule has 0 aromatic heterocycles. The molecular weight excluding hydrogens is 336 g/mol. The normalized spacial score (nSPS) is 17.3.